The summed E-state index contributed by atoms with van der Waals surface area (Å²) in [5.41, 5.74) is 2.63. The number of nitrogens with one attached hydrogen (secondary N) is 1. The van der Waals surface area contributed by atoms with Crippen LogP contribution in [-0.4, -0.2) is 23.1 Å². The lowest BCUT2D eigenvalue weighted by molar-refractivity contribution is 0.536. The quantitative estimate of drug-likeness (QED) is 0.849. The predicted octanol–water partition coefficient (Wildman–Crippen LogP) is 3.12. The fraction of sp³-hybridized carbons (Fsp3) is 0.471. The Bertz CT molecular complexity index is 561. The predicted molar refractivity (Wildman–Crippen MR) is 88.5 cm³/mol. The van der Waals surface area contributed by atoms with Gasteiger partial charge in [0, 0.05) is 38.2 Å². The summed E-state index contributed by atoms with van der Waals surface area (Å²) in [6.45, 7) is 6.17. The first-order valence-electron chi connectivity index (χ1n) is 7.67. The molecule has 4 nitrogen and oxygen atoms in total. The molecule has 0 aliphatic heterocycles. The molecule has 0 bridgehead atoms. The summed E-state index contributed by atoms with van der Waals surface area (Å²) in [7, 11) is 4.17. The van der Waals surface area contributed by atoms with Gasteiger partial charge in [-0.1, -0.05) is 32.0 Å². The molecule has 1 aromatic heterocycles. The van der Waals surface area contributed by atoms with Crippen molar-refractivity contribution >= 4 is 5.69 Å². The average molecular weight is 286 g/mol. The Morgan fingerprint density at radius 3 is 2.67 bits per heavy atom. The van der Waals surface area contributed by atoms with Crippen molar-refractivity contribution in [3.8, 4) is 0 Å². The molecule has 0 amide bonds. The van der Waals surface area contributed by atoms with E-state index in [1.54, 1.807) is 0 Å². The number of imidazole rings is 1. The minimum atomic E-state index is 0.398. The van der Waals surface area contributed by atoms with E-state index >= 15 is 0 Å². The number of para-hydroxylation sites is 1. The Labute approximate surface area is 127 Å². The minimum absolute atomic E-state index is 0.398. The molecule has 1 unspecified atom stereocenters. The van der Waals surface area contributed by atoms with Crippen molar-refractivity contribution in [2.75, 3.05) is 18.5 Å². The molecule has 114 valence electrons. The van der Waals surface area contributed by atoms with E-state index in [1.807, 2.05) is 19.4 Å². The maximum Gasteiger partial charge on any atom is 0.127 e. The van der Waals surface area contributed by atoms with Crippen molar-refractivity contribution in [2.24, 2.45) is 7.05 Å². The Morgan fingerprint density at radius 1 is 1.29 bits per heavy atom. The molecular weight excluding hydrogens is 260 g/mol. The average Bonchev–Trinajstić information content (AvgIpc) is 2.90. The Balaban J connectivity index is 2.24. The van der Waals surface area contributed by atoms with Crippen molar-refractivity contribution in [1.29, 1.82) is 0 Å². The van der Waals surface area contributed by atoms with Gasteiger partial charge in [0.15, 0.2) is 0 Å². The smallest absolute Gasteiger partial charge is 0.127 e. The molecule has 2 rings (SSSR count). The number of benzene rings is 1. The number of aromatic nitrogens is 2. The highest BCUT2D eigenvalue weighted by molar-refractivity contribution is 5.54. The SMILES string of the molecule is CCNC(CC)c1ccccc1N(C)Cc1nccn1C. The fourth-order valence-electron chi connectivity index (χ4n) is 2.70. The van der Waals surface area contributed by atoms with Crippen molar-refractivity contribution in [1.82, 2.24) is 14.9 Å². The van der Waals surface area contributed by atoms with Crippen LogP contribution in [0, 0.1) is 0 Å². The summed E-state index contributed by atoms with van der Waals surface area (Å²) in [6, 6.07) is 9.04. The normalized spacial score (nSPS) is 12.4. The van der Waals surface area contributed by atoms with Crippen LogP contribution in [0.1, 0.15) is 37.7 Å². The van der Waals surface area contributed by atoms with Crippen LogP contribution in [0.2, 0.25) is 0 Å². The Morgan fingerprint density at radius 2 is 2.05 bits per heavy atom. The van der Waals surface area contributed by atoms with Crippen molar-refractivity contribution < 1.29 is 0 Å². The van der Waals surface area contributed by atoms with Crippen LogP contribution in [0.5, 0.6) is 0 Å². The number of aryl methyl sites for hydroxylation is 1. The molecule has 1 heterocycles. The van der Waals surface area contributed by atoms with Crippen LogP contribution < -0.4 is 10.2 Å². The number of nitrogens with zero attached hydrogens (tertiary/aromatic N) is 3. The lowest BCUT2D eigenvalue weighted by Gasteiger charge is -2.26. The highest BCUT2D eigenvalue weighted by Gasteiger charge is 2.15. The second-order valence-electron chi connectivity index (χ2n) is 5.39. The summed E-state index contributed by atoms with van der Waals surface area (Å²) in [4.78, 5) is 6.69. The van der Waals surface area contributed by atoms with E-state index in [4.69, 9.17) is 0 Å². The van der Waals surface area contributed by atoms with Gasteiger partial charge >= 0.3 is 0 Å². The Kier molecular flexibility index (Phi) is 5.39. The summed E-state index contributed by atoms with van der Waals surface area (Å²) >= 11 is 0. The molecule has 4 heteroatoms. The molecule has 0 aliphatic carbocycles. The van der Waals surface area contributed by atoms with Crippen LogP contribution in [0.3, 0.4) is 0 Å². The number of anilines is 1. The monoisotopic (exact) mass is 286 g/mol. The molecular formula is C17H26N4. The van der Waals surface area contributed by atoms with Crippen molar-refractivity contribution in [2.45, 2.75) is 32.9 Å². The molecule has 0 fully saturated rings. The molecule has 0 spiro atoms. The van der Waals surface area contributed by atoms with Crippen molar-refractivity contribution in [3.63, 3.8) is 0 Å². The van der Waals surface area contributed by atoms with Gasteiger partial charge in [-0.2, -0.15) is 0 Å². The number of rotatable bonds is 7. The molecule has 1 N–H and O–H groups in total. The molecule has 0 radical (unpaired) electrons. The van der Waals surface area contributed by atoms with Crippen LogP contribution in [-0.2, 0) is 13.6 Å². The van der Waals surface area contributed by atoms with Gasteiger partial charge in [-0.05, 0) is 24.6 Å². The molecule has 1 atom stereocenters. The number of hydrogen-bond acceptors (Lipinski definition) is 3. The van der Waals surface area contributed by atoms with Gasteiger partial charge in [-0.15, -0.1) is 0 Å². The van der Waals surface area contributed by atoms with Gasteiger partial charge in [0.25, 0.3) is 0 Å². The van der Waals surface area contributed by atoms with E-state index in [2.05, 4.69) is 64.9 Å². The van der Waals surface area contributed by atoms with E-state index in [0.717, 1.165) is 25.3 Å². The second-order valence-corrected chi connectivity index (χ2v) is 5.39. The molecule has 0 saturated carbocycles. The Hall–Kier alpha value is -1.81. The van der Waals surface area contributed by atoms with E-state index in [1.165, 1.54) is 11.3 Å². The highest BCUT2D eigenvalue weighted by Crippen LogP contribution is 2.28. The first-order chi connectivity index (χ1) is 10.2. The zero-order valence-electron chi connectivity index (χ0n) is 13.5. The first-order valence-corrected chi connectivity index (χ1v) is 7.67. The third kappa shape index (κ3) is 3.64. The van der Waals surface area contributed by atoms with Gasteiger partial charge in [-0.3, -0.25) is 0 Å². The highest BCUT2D eigenvalue weighted by atomic mass is 15.2. The van der Waals surface area contributed by atoms with Crippen LogP contribution in [0.4, 0.5) is 5.69 Å². The van der Waals surface area contributed by atoms with E-state index in [0.29, 0.717) is 6.04 Å². The maximum absolute atomic E-state index is 4.42. The molecule has 2 aromatic rings. The maximum atomic E-state index is 4.42. The van der Waals surface area contributed by atoms with Gasteiger partial charge in [0.05, 0.1) is 6.54 Å². The lowest BCUT2D eigenvalue weighted by atomic mass is 10.0. The van der Waals surface area contributed by atoms with E-state index in [-0.39, 0.29) is 0 Å². The third-order valence-corrected chi connectivity index (χ3v) is 3.88. The zero-order valence-corrected chi connectivity index (χ0v) is 13.5. The van der Waals surface area contributed by atoms with E-state index in [9.17, 15) is 0 Å². The molecule has 21 heavy (non-hydrogen) atoms. The zero-order chi connectivity index (χ0) is 15.2. The molecule has 1 aromatic carbocycles. The minimum Gasteiger partial charge on any atom is -0.367 e. The van der Waals surface area contributed by atoms with Gasteiger partial charge in [0.1, 0.15) is 5.82 Å². The molecule has 0 aliphatic rings. The first kappa shape index (κ1) is 15.6. The standard InChI is InChI=1S/C17H26N4/c1-5-15(18-6-2)14-9-7-8-10-16(14)21(4)13-17-19-11-12-20(17)3/h7-12,15,18H,5-6,13H2,1-4H3. The van der Waals surface area contributed by atoms with Gasteiger partial charge < -0.3 is 14.8 Å². The van der Waals surface area contributed by atoms with Gasteiger partial charge in [0.2, 0.25) is 0 Å². The summed E-state index contributed by atoms with van der Waals surface area (Å²) in [5.74, 6) is 1.07. The summed E-state index contributed by atoms with van der Waals surface area (Å²) in [5, 5.41) is 3.57. The fourth-order valence-corrected chi connectivity index (χ4v) is 2.70. The van der Waals surface area contributed by atoms with Gasteiger partial charge in [-0.25, -0.2) is 4.98 Å². The topological polar surface area (TPSA) is 33.1 Å². The van der Waals surface area contributed by atoms with Crippen LogP contribution in [0.25, 0.3) is 0 Å². The number of hydrogen-bond donors (Lipinski definition) is 1. The molecule has 0 saturated heterocycles. The van der Waals surface area contributed by atoms with Crippen molar-refractivity contribution in [3.05, 3.63) is 48.0 Å². The van der Waals surface area contributed by atoms with Crippen LogP contribution >= 0.6 is 0 Å². The van der Waals surface area contributed by atoms with E-state index < -0.39 is 0 Å². The van der Waals surface area contributed by atoms with Crippen LogP contribution in [0.15, 0.2) is 36.7 Å². The third-order valence-electron chi connectivity index (χ3n) is 3.88. The summed E-state index contributed by atoms with van der Waals surface area (Å²) in [6.07, 6.45) is 4.92. The lowest BCUT2D eigenvalue weighted by Crippen LogP contribution is -2.25. The summed E-state index contributed by atoms with van der Waals surface area (Å²) < 4.78 is 2.07. The largest absolute Gasteiger partial charge is 0.367 e. The second kappa shape index (κ2) is 7.27.